The van der Waals surface area contributed by atoms with Gasteiger partial charge in [-0.15, -0.1) is 0 Å². The first-order valence-corrected chi connectivity index (χ1v) is 7.94. The number of nitrogens with one attached hydrogen (secondary N) is 1. The van der Waals surface area contributed by atoms with Crippen molar-refractivity contribution in [1.29, 1.82) is 0 Å². The van der Waals surface area contributed by atoms with Crippen molar-refractivity contribution in [3.05, 3.63) is 26.3 Å². The maximum atomic E-state index is 11.7. The highest BCUT2D eigenvalue weighted by molar-refractivity contribution is 9.10. The molecule has 0 bridgehead atoms. The Balaban J connectivity index is 2.05. The normalized spacial score (nSPS) is 16.6. The van der Waals surface area contributed by atoms with Crippen LogP contribution in [0.2, 0.25) is 0 Å². The molecule has 1 N–H and O–H groups in total. The van der Waals surface area contributed by atoms with E-state index >= 15 is 0 Å². The fraction of sp³-hybridized carbons (Fsp3) is 0.667. The number of H-pyrrole nitrogens is 1. The summed E-state index contributed by atoms with van der Waals surface area (Å²) in [6, 6.07) is 0. The second kappa shape index (κ2) is 6.05. The van der Waals surface area contributed by atoms with Gasteiger partial charge in [-0.1, -0.05) is 19.8 Å². The van der Waals surface area contributed by atoms with Gasteiger partial charge in [-0.3, -0.25) is 4.79 Å². The summed E-state index contributed by atoms with van der Waals surface area (Å²) in [5.74, 6) is 1.63. The zero-order valence-electron chi connectivity index (χ0n) is 9.96. The minimum absolute atomic E-state index is 0.0566. The van der Waals surface area contributed by atoms with Crippen molar-refractivity contribution in [2.75, 3.05) is 0 Å². The molecule has 5 heteroatoms. The van der Waals surface area contributed by atoms with E-state index in [1.807, 2.05) is 18.7 Å². The summed E-state index contributed by atoms with van der Waals surface area (Å²) in [5.41, 5.74) is 0.801. The molecule has 3 nitrogen and oxygen atoms in total. The average molecular weight is 317 g/mol. The zero-order valence-corrected chi connectivity index (χ0v) is 12.4. The van der Waals surface area contributed by atoms with E-state index in [4.69, 9.17) is 0 Å². The van der Waals surface area contributed by atoms with Crippen LogP contribution in [-0.4, -0.2) is 15.2 Å². The number of aromatic amines is 1. The Bertz CT molecular complexity index is 441. The molecule has 17 heavy (non-hydrogen) atoms. The van der Waals surface area contributed by atoms with E-state index in [1.54, 1.807) is 0 Å². The number of hydrogen-bond donors (Lipinski definition) is 1. The molecule has 94 valence electrons. The zero-order chi connectivity index (χ0) is 12.3. The molecule has 0 atom stereocenters. The molecule has 1 saturated carbocycles. The van der Waals surface area contributed by atoms with Gasteiger partial charge in [0, 0.05) is 5.25 Å². The van der Waals surface area contributed by atoms with E-state index in [-0.39, 0.29) is 5.56 Å². The van der Waals surface area contributed by atoms with E-state index in [0.717, 1.165) is 28.9 Å². The highest BCUT2D eigenvalue weighted by atomic mass is 79.9. The molecule has 0 aliphatic heterocycles. The molecule has 1 aromatic rings. The van der Waals surface area contributed by atoms with Crippen molar-refractivity contribution < 1.29 is 0 Å². The Hall–Kier alpha value is -0.290. The van der Waals surface area contributed by atoms with Gasteiger partial charge in [0.1, 0.15) is 10.3 Å². The van der Waals surface area contributed by atoms with Crippen molar-refractivity contribution in [1.82, 2.24) is 9.97 Å². The highest BCUT2D eigenvalue weighted by Gasteiger charge is 2.16. The Morgan fingerprint density at radius 1 is 1.47 bits per heavy atom. The van der Waals surface area contributed by atoms with E-state index < -0.39 is 0 Å². The summed E-state index contributed by atoms with van der Waals surface area (Å²) >= 11 is 5.20. The molecule has 1 fully saturated rings. The van der Waals surface area contributed by atoms with Gasteiger partial charge < -0.3 is 4.98 Å². The number of rotatable bonds is 4. The first-order chi connectivity index (χ1) is 8.20. The van der Waals surface area contributed by atoms with Crippen molar-refractivity contribution in [2.24, 2.45) is 0 Å². The molecule has 0 saturated heterocycles. The topological polar surface area (TPSA) is 45.8 Å². The van der Waals surface area contributed by atoms with Crippen LogP contribution in [0, 0.1) is 0 Å². The molecule has 0 spiro atoms. The summed E-state index contributed by atoms with van der Waals surface area (Å²) in [4.78, 5) is 19.0. The predicted octanol–water partition coefficient (Wildman–Crippen LogP) is 3.27. The van der Waals surface area contributed by atoms with Gasteiger partial charge in [-0.2, -0.15) is 11.8 Å². The molecular formula is C12H17BrN2OS. The third-order valence-corrected chi connectivity index (χ3v) is 5.27. The van der Waals surface area contributed by atoms with Crippen LogP contribution in [0.4, 0.5) is 0 Å². The predicted molar refractivity (Wildman–Crippen MR) is 75.5 cm³/mol. The third kappa shape index (κ3) is 3.35. The van der Waals surface area contributed by atoms with Gasteiger partial charge in [0.25, 0.3) is 5.56 Å². The fourth-order valence-electron chi connectivity index (χ4n) is 2.11. The van der Waals surface area contributed by atoms with Crippen LogP contribution in [0.25, 0.3) is 0 Å². The average Bonchev–Trinajstić information content (AvgIpc) is 2.83. The van der Waals surface area contributed by atoms with Gasteiger partial charge >= 0.3 is 0 Å². The Morgan fingerprint density at radius 3 is 2.82 bits per heavy atom. The van der Waals surface area contributed by atoms with Crippen molar-refractivity contribution >= 4 is 27.7 Å². The number of aryl methyl sites for hydroxylation is 1. The molecule has 0 unspecified atom stereocenters. The smallest absolute Gasteiger partial charge is 0.265 e. The first kappa shape index (κ1) is 13.1. The molecule has 1 aromatic heterocycles. The summed E-state index contributed by atoms with van der Waals surface area (Å²) in [7, 11) is 0. The van der Waals surface area contributed by atoms with Crippen LogP contribution in [0.5, 0.6) is 0 Å². The Labute approximate surface area is 114 Å². The van der Waals surface area contributed by atoms with Gasteiger partial charge in [0.15, 0.2) is 0 Å². The first-order valence-electron chi connectivity index (χ1n) is 6.10. The third-order valence-electron chi connectivity index (χ3n) is 3.07. The molecule has 0 radical (unpaired) electrons. The Morgan fingerprint density at radius 2 is 2.18 bits per heavy atom. The SMILES string of the molecule is CCc1nc(CSC2CCCC2)[nH]c(=O)c1Br. The minimum Gasteiger partial charge on any atom is -0.309 e. The van der Waals surface area contributed by atoms with Crippen LogP contribution in [0.3, 0.4) is 0 Å². The van der Waals surface area contributed by atoms with Crippen LogP contribution in [-0.2, 0) is 12.2 Å². The second-order valence-corrected chi connectivity index (χ2v) is 6.43. The molecular weight excluding hydrogens is 300 g/mol. The lowest BCUT2D eigenvalue weighted by atomic mass is 10.3. The van der Waals surface area contributed by atoms with Crippen molar-refractivity contribution in [2.45, 2.75) is 50.0 Å². The monoisotopic (exact) mass is 316 g/mol. The summed E-state index contributed by atoms with van der Waals surface area (Å²) in [6.07, 6.45) is 6.11. The van der Waals surface area contributed by atoms with Gasteiger partial charge in [-0.25, -0.2) is 4.98 Å². The lowest BCUT2D eigenvalue weighted by Gasteiger charge is -2.09. The van der Waals surface area contributed by atoms with Crippen molar-refractivity contribution in [3.63, 3.8) is 0 Å². The highest BCUT2D eigenvalue weighted by Crippen LogP contribution is 2.30. The second-order valence-electron chi connectivity index (χ2n) is 4.34. The standard InChI is InChI=1S/C12H17BrN2OS/c1-2-9-11(13)12(16)15-10(14-9)7-17-8-5-3-4-6-8/h8H,2-7H2,1H3,(H,14,15,16). The van der Waals surface area contributed by atoms with E-state index in [0.29, 0.717) is 4.47 Å². The fourth-order valence-corrected chi connectivity index (χ4v) is 3.78. The lowest BCUT2D eigenvalue weighted by Crippen LogP contribution is -2.15. The van der Waals surface area contributed by atoms with E-state index in [2.05, 4.69) is 25.9 Å². The quantitative estimate of drug-likeness (QED) is 0.927. The maximum Gasteiger partial charge on any atom is 0.265 e. The lowest BCUT2D eigenvalue weighted by molar-refractivity contribution is 0.885. The summed E-state index contributed by atoms with van der Waals surface area (Å²) < 4.78 is 0.578. The number of aromatic nitrogens is 2. The van der Waals surface area contributed by atoms with Gasteiger partial charge in [0.2, 0.25) is 0 Å². The van der Waals surface area contributed by atoms with E-state index in [1.165, 1.54) is 25.7 Å². The summed E-state index contributed by atoms with van der Waals surface area (Å²) in [5, 5.41) is 0.758. The van der Waals surface area contributed by atoms with Crippen molar-refractivity contribution in [3.8, 4) is 0 Å². The summed E-state index contributed by atoms with van der Waals surface area (Å²) in [6.45, 7) is 2.01. The number of nitrogens with zero attached hydrogens (tertiary/aromatic N) is 1. The van der Waals surface area contributed by atoms with Crippen LogP contribution in [0.15, 0.2) is 9.27 Å². The van der Waals surface area contributed by atoms with Gasteiger partial charge in [0.05, 0.1) is 11.4 Å². The molecule has 1 heterocycles. The largest absolute Gasteiger partial charge is 0.309 e. The maximum absolute atomic E-state index is 11.7. The molecule has 0 aromatic carbocycles. The van der Waals surface area contributed by atoms with Crippen LogP contribution in [0.1, 0.15) is 44.1 Å². The minimum atomic E-state index is -0.0566. The molecule has 1 aliphatic rings. The molecule has 0 amide bonds. The van der Waals surface area contributed by atoms with E-state index in [9.17, 15) is 4.79 Å². The number of hydrogen-bond acceptors (Lipinski definition) is 3. The number of halogens is 1. The van der Waals surface area contributed by atoms with Crippen LogP contribution >= 0.6 is 27.7 Å². The number of thioether (sulfide) groups is 1. The van der Waals surface area contributed by atoms with Gasteiger partial charge in [-0.05, 0) is 35.2 Å². The molecule has 1 aliphatic carbocycles. The Kier molecular flexibility index (Phi) is 4.68. The molecule has 2 rings (SSSR count). The van der Waals surface area contributed by atoms with Crippen LogP contribution < -0.4 is 5.56 Å².